The van der Waals surface area contributed by atoms with E-state index in [1.165, 1.54) is 0 Å². The molecule has 0 unspecified atom stereocenters. The Morgan fingerprint density at radius 1 is 1.22 bits per heavy atom. The number of nitrogens with zero attached hydrogens (tertiary/aromatic N) is 2. The largest absolute Gasteiger partial charge is 0.388 e. The van der Waals surface area contributed by atoms with Crippen molar-refractivity contribution >= 4 is 17.5 Å². The van der Waals surface area contributed by atoms with Crippen LogP contribution in [0.5, 0.6) is 0 Å². The maximum absolute atomic E-state index is 12.5. The van der Waals surface area contributed by atoms with E-state index in [0.29, 0.717) is 23.8 Å². The average molecular weight is 333 g/mol. The molecule has 0 saturated carbocycles. The Labute approximate surface area is 141 Å². The molecule has 2 heterocycles. The van der Waals surface area contributed by atoms with E-state index >= 15 is 0 Å². The van der Waals surface area contributed by atoms with E-state index in [1.54, 1.807) is 12.1 Å². The fourth-order valence-corrected chi connectivity index (χ4v) is 3.32. The number of amides is 1. The van der Waals surface area contributed by atoms with E-state index in [1.807, 2.05) is 47.0 Å². The van der Waals surface area contributed by atoms with Gasteiger partial charge in [-0.3, -0.25) is 4.79 Å². The Bertz CT molecular complexity index is 673. The lowest BCUT2D eigenvalue weighted by atomic mass is 9.87. The van der Waals surface area contributed by atoms with Crippen molar-refractivity contribution < 1.29 is 9.90 Å². The number of hydrogen-bond acceptors (Lipinski definition) is 2. The molecular weight excluding hydrogens is 312 g/mol. The molecule has 0 spiro atoms. The van der Waals surface area contributed by atoms with Crippen molar-refractivity contribution in [1.29, 1.82) is 0 Å². The monoisotopic (exact) mass is 332 g/mol. The molecule has 0 radical (unpaired) electrons. The SMILES string of the molecule is Cn1cccc1C(=O)N1CCC([C@H](O)c2ccc(Cl)cc2)CC1. The number of aliphatic hydroxyl groups excluding tert-OH is 1. The number of carbonyl (C=O) groups excluding carboxylic acids is 1. The summed E-state index contributed by atoms with van der Waals surface area (Å²) < 4.78 is 1.84. The van der Waals surface area contributed by atoms with Crippen LogP contribution in [-0.4, -0.2) is 33.6 Å². The normalized spacial score (nSPS) is 17.3. The minimum absolute atomic E-state index is 0.0666. The quantitative estimate of drug-likeness (QED) is 0.937. The van der Waals surface area contributed by atoms with E-state index in [0.717, 1.165) is 18.4 Å². The second-order valence-electron chi connectivity index (χ2n) is 6.13. The highest BCUT2D eigenvalue weighted by atomic mass is 35.5. The van der Waals surface area contributed by atoms with Gasteiger partial charge in [0.1, 0.15) is 5.69 Å². The number of aromatic nitrogens is 1. The highest BCUT2D eigenvalue weighted by Crippen LogP contribution is 2.31. The summed E-state index contributed by atoms with van der Waals surface area (Å²) in [5, 5.41) is 11.2. The van der Waals surface area contributed by atoms with Crippen LogP contribution in [0.4, 0.5) is 0 Å². The minimum atomic E-state index is -0.500. The van der Waals surface area contributed by atoms with Crippen LogP contribution in [0.3, 0.4) is 0 Å². The fourth-order valence-electron chi connectivity index (χ4n) is 3.20. The number of benzene rings is 1. The van der Waals surface area contributed by atoms with E-state index < -0.39 is 6.10 Å². The molecule has 1 aliphatic heterocycles. The lowest BCUT2D eigenvalue weighted by molar-refractivity contribution is 0.0456. The zero-order valence-corrected chi connectivity index (χ0v) is 13.9. The van der Waals surface area contributed by atoms with Crippen molar-refractivity contribution in [3.8, 4) is 0 Å². The van der Waals surface area contributed by atoms with Crippen molar-refractivity contribution in [2.45, 2.75) is 18.9 Å². The number of halogens is 1. The van der Waals surface area contributed by atoms with Gasteiger partial charge >= 0.3 is 0 Å². The minimum Gasteiger partial charge on any atom is -0.388 e. The van der Waals surface area contributed by atoms with Crippen molar-refractivity contribution in [2.24, 2.45) is 13.0 Å². The molecule has 122 valence electrons. The third-order valence-corrected chi connectivity index (χ3v) is 4.90. The Kier molecular flexibility index (Phi) is 4.74. The van der Waals surface area contributed by atoms with Crippen LogP contribution < -0.4 is 0 Å². The molecule has 1 fully saturated rings. The van der Waals surface area contributed by atoms with Gasteiger partial charge in [-0.1, -0.05) is 23.7 Å². The standard InChI is InChI=1S/C18H21ClN2O2/c1-20-10-2-3-16(20)18(23)21-11-8-14(9-12-21)17(22)13-4-6-15(19)7-5-13/h2-7,10,14,17,22H,8-9,11-12H2,1H3/t17-/m1/s1. The highest BCUT2D eigenvalue weighted by molar-refractivity contribution is 6.30. The summed E-state index contributed by atoms with van der Waals surface area (Å²) in [4.78, 5) is 14.4. The van der Waals surface area contributed by atoms with Crippen LogP contribution >= 0.6 is 11.6 Å². The van der Waals surface area contributed by atoms with Crippen molar-refractivity contribution in [3.63, 3.8) is 0 Å². The Balaban J connectivity index is 1.61. The zero-order chi connectivity index (χ0) is 16.4. The third kappa shape index (κ3) is 3.43. The first-order chi connectivity index (χ1) is 11.1. The molecule has 4 nitrogen and oxygen atoms in total. The van der Waals surface area contributed by atoms with E-state index in [-0.39, 0.29) is 11.8 Å². The molecule has 1 saturated heterocycles. The summed E-state index contributed by atoms with van der Waals surface area (Å²) in [5.41, 5.74) is 1.60. The highest BCUT2D eigenvalue weighted by Gasteiger charge is 2.29. The number of piperidine rings is 1. The van der Waals surface area contributed by atoms with Gasteiger partial charge in [-0.25, -0.2) is 0 Å². The number of aryl methyl sites for hydroxylation is 1. The molecule has 1 aliphatic rings. The van der Waals surface area contributed by atoms with Crippen molar-refractivity contribution in [1.82, 2.24) is 9.47 Å². The molecule has 1 amide bonds. The number of rotatable bonds is 3. The molecular formula is C18H21ClN2O2. The predicted octanol–water partition coefficient (Wildman–Crippen LogP) is 3.26. The fraction of sp³-hybridized carbons (Fsp3) is 0.389. The van der Waals surface area contributed by atoms with Crippen LogP contribution in [-0.2, 0) is 7.05 Å². The van der Waals surface area contributed by atoms with Gasteiger partial charge in [0.2, 0.25) is 0 Å². The molecule has 3 rings (SSSR count). The molecule has 1 aromatic carbocycles. The van der Waals surface area contributed by atoms with Gasteiger partial charge < -0.3 is 14.6 Å². The second kappa shape index (κ2) is 6.77. The first-order valence-electron chi connectivity index (χ1n) is 7.90. The van der Waals surface area contributed by atoms with Gasteiger partial charge in [0.15, 0.2) is 0 Å². The van der Waals surface area contributed by atoms with Crippen molar-refractivity contribution in [2.75, 3.05) is 13.1 Å². The average Bonchev–Trinajstić information content (AvgIpc) is 3.00. The summed E-state index contributed by atoms with van der Waals surface area (Å²) in [7, 11) is 1.88. The summed E-state index contributed by atoms with van der Waals surface area (Å²) in [6.07, 6.45) is 2.99. The molecule has 1 aromatic heterocycles. The Morgan fingerprint density at radius 3 is 2.43 bits per heavy atom. The molecule has 0 bridgehead atoms. The van der Waals surface area contributed by atoms with Gasteiger partial charge in [0.25, 0.3) is 5.91 Å². The predicted molar refractivity (Wildman–Crippen MR) is 90.5 cm³/mol. The van der Waals surface area contributed by atoms with Gasteiger partial charge in [0, 0.05) is 31.4 Å². The Morgan fingerprint density at radius 2 is 1.87 bits per heavy atom. The Hall–Kier alpha value is -1.78. The van der Waals surface area contributed by atoms with Gasteiger partial charge in [-0.05, 0) is 48.6 Å². The second-order valence-corrected chi connectivity index (χ2v) is 6.57. The number of aliphatic hydroxyl groups is 1. The molecule has 0 aliphatic carbocycles. The zero-order valence-electron chi connectivity index (χ0n) is 13.2. The number of likely N-dealkylation sites (tertiary alicyclic amines) is 1. The van der Waals surface area contributed by atoms with E-state index in [4.69, 9.17) is 11.6 Å². The van der Waals surface area contributed by atoms with Gasteiger partial charge in [-0.15, -0.1) is 0 Å². The van der Waals surface area contributed by atoms with Crippen LogP contribution in [0.1, 0.15) is 35.0 Å². The van der Waals surface area contributed by atoms with Crippen molar-refractivity contribution in [3.05, 3.63) is 58.9 Å². The lowest BCUT2D eigenvalue weighted by Crippen LogP contribution is -2.40. The smallest absolute Gasteiger partial charge is 0.270 e. The number of hydrogen-bond donors (Lipinski definition) is 1. The molecule has 1 N–H and O–H groups in total. The first-order valence-corrected chi connectivity index (χ1v) is 8.28. The third-order valence-electron chi connectivity index (χ3n) is 4.65. The number of carbonyl (C=O) groups is 1. The summed E-state index contributed by atoms with van der Waals surface area (Å²) in [6.45, 7) is 1.36. The molecule has 2 aromatic rings. The van der Waals surface area contributed by atoms with Crippen LogP contribution in [0, 0.1) is 5.92 Å². The van der Waals surface area contributed by atoms with E-state index in [9.17, 15) is 9.90 Å². The molecule has 1 atom stereocenters. The lowest BCUT2D eigenvalue weighted by Gasteiger charge is -2.34. The molecule has 23 heavy (non-hydrogen) atoms. The van der Waals surface area contributed by atoms with Crippen LogP contribution in [0.15, 0.2) is 42.6 Å². The summed E-state index contributed by atoms with van der Waals surface area (Å²) in [6, 6.07) is 11.1. The van der Waals surface area contributed by atoms with Gasteiger partial charge in [0.05, 0.1) is 6.10 Å². The van der Waals surface area contributed by atoms with Crippen LogP contribution in [0.2, 0.25) is 5.02 Å². The van der Waals surface area contributed by atoms with Gasteiger partial charge in [-0.2, -0.15) is 0 Å². The molecule has 5 heteroatoms. The summed E-state index contributed by atoms with van der Waals surface area (Å²) in [5.74, 6) is 0.241. The topological polar surface area (TPSA) is 45.5 Å². The summed E-state index contributed by atoms with van der Waals surface area (Å²) >= 11 is 5.89. The van der Waals surface area contributed by atoms with E-state index in [2.05, 4.69) is 0 Å². The maximum atomic E-state index is 12.5. The maximum Gasteiger partial charge on any atom is 0.270 e. The van der Waals surface area contributed by atoms with Crippen LogP contribution in [0.25, 0.3) is 0 Å². The first kappa shape index (κ1) is 16.1.